The van der Waals surface area contributed by atoms with Gasteiger partial charge in [0.15, 0.2) is 0 Å². The molecule has 3 rings (SSSR count). The van der Waals surface area contributed by atoms with Crippen LogP contribution >= 0.6 is 11.6 Å². The average Bonchev–Trinajstić information content (AvgIpc) is 2.98. The van der Waals surface area contributed by atoms with Gasteiger partial charge in [-0.2, -0.15) is 4.98 Å². The molecule has 0 spiro atoms. The Balaban J connectivity index is 1.89. The van der Waals surface area contributed by atoms with Crippen molar-refractivity contribution in [3.63, 3.8) is 0 Å². The first-order valence-corrected chi connectivity index (χ1v) is 7.03. The number of hydrogen-bond acceptors (Lipinski definition) is 4. The minimum Gasteiger partial charge on any atom is -0.334 e. The molecule has 3 aromatic rings. The van der Waals surface area contributed by atoms with Crippen LogP contribution in [0.15, 0.2) is 53.1 Å². The third-order valence-electron chi connectivity index (χ3n) is 3.17. The largest absolute Gasteiger partial charge is 0.334 e. The van der Waals surface area contributed by atoms with Crippen molar-refractivity contribution in [2.75, 3.05) is 6.54 Å². The van der Waals surface area contributed by atoms with Crippen LogP contribution in [0.4, 0.5) is 0 Å². The van der Waals surface area contributed by atoms with Crippen LogP contribution in [0.2, 0.25) is 5.02 Å². The molecule has 4 nitrogen and oxygen atoms in total. The predicted molar refractivity (Wildman–Crippen MR) is 82.9 cm³/mol. The van der Waals surface area contributed by atoms with Gasteiger partial charge in [0.05, 0.1) is 5.02 Å². The summed E-state index contributed by atoms with van der Waals surface area (Å²) in [6, 6.07) is 15.4. The minimum absolute atomic E-state index is 0.476. The van der Waals surface area contributed by atoms with Crippen LogP contribution < -0.4 is 5.73 Å². The highest BCUT2D eigenvalue weighted by molar-refractivity contribution is 6.33. The van der Waals surface area contributed by atoms with Gasteiger partial charge in [0.25, 0.3) is 5.89 Å². The lowest BCUT2D eigenvalue weighted by Gasteiger charge is -1.99. The molecule has 2 aromatic carbocycles. The Kier molecular flexibility index (Phi) is 3.99. The Morgan fingerprint density at radius 1 is 1.05 bits per heavy atom. The maximum absolute atomic E-state index is 6.14. The number of nitrogens with two attached hydrogens (primary N) is 1. The SMILES string of the molecule is NCCc1ccc(-c2nc(-c3ccccc3Cl)no2)cc1. The number of halogens is 1. The van der Waals surface area contributed by atoms with Crippen LogP contribution in [0.1, 0.15) is 5.56 Å². The van der Waals surface area contributed by atoms with Gasteiger partial charge in [-0.15, -0.1) is 0 Å². The number of hydrogen-bond donors (Lipinski definition) is 1. The maximum atomic E-state index is 6.14. The molecule has 2 N–H and O–H groups in total. The van der Waals surface area contributed by atoms with Crippen LogP contribution in [-0.4, -0.2) is 16.7 Å². The monoisotopic (exact) mass is 299 g/mol. The van der Waals surface area contributed by atoms with Crippen molar-refractivity contribution in [2.24, 2.45) is 5.73 Å². The summed E-state index contributed by atoms with van der Waals surface area (Å²) in [5.41, 5.74) is 8.36. The van der Waals surface area contributed by atoms with Crippen LogP contribution in [-0.2, 0) is 6.42 Å². The van der Waals surface area contributed by atoms with E-state index in [9.17, 15) is 0 Å². The van der Waals surface area contributed by atoms with Crippen LogP contribution in [0.25, 0.3) is 22.8 Å². The van der Waals surface area contributed by atoms with Gasteiger partial charge in [0, 0.05) is 11.1 Å². The fourth-order valence-electron chi connectivity index (χ4n) is 2.07. The highest BCUT2D eigenvalue weighted by Gasteiger charge is 2.12. The molecule has 1 heterocycles. The van der Waals surface area contributed by atoms with E-state index < -0.39 is 0 Å². The number of aromatic nitrogens is 2. The fraction of sp³-hybridized carbons (Fsp3) is 0.125. The molecule has 0 atom stereocenters. The Morgan fingerprint density at radius 2 is 1.81 bits per heavy atom. The van der Waals surface area contributed by atoms with Gasteiger partial charge in [-0.1, -0.05) is 41.0 Å². The van der Waals surface area contributed by atoms with Crippen molar-refractivity contribution < 1.29 is 4.52 Å². The van der Waals surface area contributed by atoms with Gasteiger partial charge in [0.2, 0.25) is 5.82 Å². The number of benzene rings is 2. The second kappa shape index (κ2) is 6.08. The van der Waals surface area contributed by atoms with E-state index in [4.69, 9.17) is 21.9 Å². The summed E-state index contributed by atoms with van der Waals surface area (Å²) in [4.78, 5) is 4.40. The zero-order valence-corrected chi connectivity index (χ0v) is 12.0. The highest BCUT2D eigenvalue weighted by atomic mass is 35.5. The molecule has 21 heavy (non-hydrogen) atoms. The zero-order valence-electron chi connectivity index (χ0n) is 11.3. The fourth-order valence-corrected chi connectivity index (χ4v) is 2.29. The first-order valence-electron chi connectivity index (χ1n) is 6.66. The van der Waals surface area contributed by atoms with Crippen molar-refractivity contribution in [3.8, 4) is 22.8 Å². The standard InChI is InChI=1S/C16H14ClN3O/c17-14-4-2-1-3-13(14)15-19-16(21-20-15)12-7-5-11(6-8-12)9-10-18/h1-8H,9-10,18H2. The summed E-state index contributed by atoms with van der Waals surface area (Å²) in [7, 11) is 0. The molecule has 0 aliphatic carbocycles. The summed E-state index contributed by atoms with van der Waals surface area (Å²) in [6.07, 6.45) is 0.856. The predicted octanol–water partition coefficient (Wildman–Crippen LogP) is 3.56. The highest BCUT2D eigenvalue weighted by Crippen LogP contribution is 2.27. The molecule has 0 aliphatic heterocycles. The Labute approximate surface area is 127 Å². The molecule has 0 saturated carbocycles. The molecule has 0 bridgehead atoms. The van der Waals surface area contributed by atoms with Gasteiger partial charge in [-0.25, -0.2) is 0 Å². The van der Waals surface area contributed by atoms with Crippen molar-refractivity contribution in [3.05, 3.63) is 59.1 Å². The van der Waals surface area contributed by atoms with E-state index in [0.29, 0.717) is 23.3 Å². The third kappa shape index (κ3) is 2.96. The van der Waals surface area contributed by atoms with E-state index in [0.717, 1.165) is 17.5 Å². The lowest BCUT2D eigenvalue weighted by Crippen LogP contribution is -2.02. The number of nitrogens with zero attached hydrogens (tertiary/aromatic N) is 2. The molecule has 0 fully saturated rings. The van der Waals surface area contributed by atoms with Crippen LogP contribution in [0, 0.1) is 0 Å². The van der Waals surface area contributed by atoms with Crippen LogP contribution in [0.5, 0.6) is 0 Å². The topological polar surface area (TPSA) is 64.9 Å². The zero-order chi connectivity index (χ0) is 14.7. The van der Waals surface area contributed by atoms with E-state index in [1.165, 1.54) is 5.56 Å². The third-order valence-corrected chi connectivity index (χ3v) is 3.50. The van der Waals surface area contributed by atoms with Crippen molar-refractivity contribution in [1.82, 2.24) is 10.1 Å². The Hall–Kier alpha value is -2.17. The summed E-state index contributed by atoms with van der Waals surface area (Å²) in [5, 5.41) is 4.59. The van der Waals surface area contributed by atoms with Gasteiger partial charge in [0.1, 0.15) is 0 Å². The van der Waals surface area contributed by atoms with Gasteiger partial charge < -0.3 is 10.3 Å². The summed E-state index contributed by atoms with van der Waals surface area (Å²) < 4.78 is 5.32. The lowest BCUT2D eigenvalue weighted by atomic mass is 10.1. The molecule has 1 aromatic heterocycles. The minimum atomic E-state index is 0.476. The second-order valence-corrected chi connectivity index (χ2v) is 5.05. The molecular weight excluding hydrogens is 286 g/mol. The van der Waals surface area contributed by atoms with Crippen molar-refractivity contribution in [1.29, 1.82) is 0 Å². The van der Waals surface area contributed by atoms with Gasteiger partial charge >= 0.3 is 0 Å². The summed E-state index contributed by atoms with van der Waals surface area (Å²) in [5.74, 6) is 0.964. The quantitative estimate of drug-likeness (QED) is 0.800. The van der Waals surface area contributed by atoms with E-state index in [-0.39, 0.29) is 0 Å². The lowest BCUT2D eigenvalue weighted by molar-refractivity contribution is 0.432. The average molecular weight is 300 g/mol. The second-order valence-electron chi connectivity index (χ2n) is 4.64. The molecular formula is C16H14ClN3O. The summed E-state index contributed by atoms with van der Waals surface area (Å²) >= 11 is 6.14. The maximum Gasteiger partial charge on any atom is 0.258 e. The first-order chi connectivity index (χ1) is 10.3. The molecule has 0 unspecified atom stereocenters. The summed E-state index contributed by atoms with van der Waals surface area (Å²) in [6.45, 7) is 0.635. The van der Waals surface area contributed by atoms with Gasteiger partial charge in [-0.05, 0) is 42.8 Å². The molecule has 5 heteroatoms. The first kappa shape index (κ1) is 13.8. The molecule has 0 amide bonds. The van der Waals surface area contributed by atoms with Crippen molar-refractivity contribution >= 4 is 11.6 Å². The normalized spacial score (nSPS) is 10.8. The Bertz CT molecular complexity index is 737. The van der Waals surface area contributed by atoms with E-state index >= 15 is 0 Å². The van der Waals surface area contributed by atoms with Crippen molar-refractivity contribution in [2.45, 2.75) is 6.42 Å². The van der Waals surface area contributed by atoms with Gasteiger partial charge in [-0.3, -0.25) is 0 Å². The molecule has 0 radical (unpaired) electrons. The van der Waals surface area contributed by atoms with E-state index in [2.05, 4.69) is 10.1 Å². The van der Waals surface area contributed by atoms with E-state index in [1.54, 1.807) is 6.07 Å². The molecule has 0 saturated heterocycles. The van der Waals surface area contributed by atoms with E-state index in [1.807, 2.05) is 42.5 Å². The molecule has 106 valence electrons. The van der Waals surface area contributed by atoms with Crippen LogP contribution in [0.3, 0.4) is 0 Å². The Morgan fingerprint density at radius 3 is 2.52 bits per heavy atom. The molecule has 0 aliphatic rings. The smallest absolute Gasteiger partial charge is 0.258 e. The number of rotatable bonds is 4.